The van der Waals surface area contributed by atoms with Crippen LogP contribution in [0.1, 0.15) is 25.0 Å². The number of hydrogen-bond acceptors (Lipinski definition) is 3. The van der Waals surface area contributed by atoms with Crippen LogP contribution in [-0.2, 0) is 4.74 Å². The van der Waals surface area contributed by atoms with Gasteiger partial charge in [-0.1, -0.05) is 0 Å². The van der Waals surface area contributed by atoms with Crippen LogP contribution < -0.4 is 4.90 Å². The van der Waals surface area contributed by atoms with Crippen molar-refractivity contribution in [1.82, 2.24) is 0 Å². The van der Waals surface area contributed by atoms with Crippen LogP contribution in [0.2, 0.25) is 0 Å². The SMILES string of the molecule is Cc1cc(N2CCOC(C)(C)C2)ccc1C#N. The van der Waals surface area contributed by atoms with Crippen molar-refractivity contribution >= 4 is 5.69 Å². The van der Waals surface area contributed by atoms with E-state index in [-0.39, 0.29) is 5.60 Å². The van der Waals surface area contributed by atoms with E-state index in [1.807, 2.05) is 19.1 Å². The molecule has 1 aliphatic heterocycles. The average molecular weight is 230 g/mol. The third-order valence-electron chi connectivity index (χ3n) is 3.12. The minimum atomic E-state index is -0.0972. The molecule has 0 bridgehead atoms. The van der Waals surface area contributed by atoms with Gasteiger partial charge in [-0.15, -0.1) is 0 Å². The summed E-state index contributed by atoms with van der Waals surface area (Å²) in [5.41, 5.74) is 2.87. The van der Waals surface area contributed by atoms with Crippen LogP contribution >= 0.6 is 0 Å². The summed E-state index contributed by atoms with van der Waals surface area (Å²) >= 11 is 0. The van der Waals surface area contributed by atoms with Crippen molar-refractivity contribution in [2.24, 2.45) is 0 Å². The highest BCUT2D eigenvalue weighted by molar-refractivity contribution is 5.54. The number of anilines is 1. The third kappa shape index (κ3) is 2.59. The molecule has 90 valence electrons. The molecule has 0 aliphatic carbocycles. The van der Waals surface area contributed by atoms with Crippen molar-refractivity contribution < 1.29 is 4.74 Å². The second kappa shape index (κ2) is 4.38. The molecule has 0 unspecified atom stereocenters. The Bertz CT molecular complexity index is 460. The number of aryl methyl sites for hydroxylation is 1. The van der Waals surface area contributed by atoms with Crippen molar-refractivity contribution in [3.63, 3.8) is 0 Å². The Kier molecular flexibility index (Phi) is 3.08. The number of rotatable bonds is 1. The second-order valence-corrected chi connectivity index (χ2v) is 5.14. The Morgan fingerprint density at radius 3 is 2.76 bits per heavy atom. The smallest absolute Gasteiger partial charge is 0.0994 e. The second-order valence-electron chi connectivity index (χ2n) is 5.14. The number of hydrogen-bond donors (Lipinski definition) is 0. The Balaban J connectivity index is 2.23. The molecule has 0 saturated carbocycles. The van der Waals surface area contributed by atoms with E-state index in [4.69, 9.17) is 10.00 Å². The molecule has 3 nitrogen and oxygen atoms in total. The predicted molar refractivity (Wildman–Crippen MR) is 68.1 cm³/mol. The summed E-state index contributed by atoms with van der Waals surface area (Å²) in [6, 6.07) is 8.20. The zero-order chi connectivity index (χ0) is 12.5. The van der Waals surface area contributed by atoms with Crippen molar-refractivity contribution in [2.45, 2.75) is 26.4 Å². The van der Waals surface area contributed by atoms with E-state index in [1.165, 1.54) is 5.69 Å². The highest BCUT2D eigenvalue weighted by atomic mass is 16.5. The highest BCUT2D eigenvalue weighted by Crippen LogP contribution is 2.24. The van der Waals surface area contributed by atoms with Gasteiger partial charge >= 0.3 is 0 Å². The van der Waals surface area contributed by atoms with Crippen LogP contribution in [0, 0.1) is 18.3 Å². The van der Waals surface area contributed by atoms with Crippen LogP contribution in [0.25, 0.3) is 0 Å². The van der Waals surface area contributed by atoms with Crippen LogP contribution in [-0.4, -0.2) is 25.3 Å². The standard InChI is InChI=1S/C14H18N2O/c1-11-8-13(5-4-12(11)9-15)16-6-7-17-14(2,3)10-16/h4-5,8H,6-7,10H2,1-3H3. The minimum Gasteiger partial charge on any atom is -0.372 e. The summed E-state index contributed by atoms with van der Waals surface area (Å²) in [6.45, 7) is 8.75. The Morgan fingerprint density at radius 1 is 1.41 bits per heavy atom. The fraction of sp³-hybridized carbons (Fsp3) is 0.500. The monoisotopic (exact) mass is 230 g/mol. The zero-order valence-electron chi connectivity index (χ0n) is 10.7. The normalized spacial score (nSPS) is 18.8. The first-order valence-electron chi connectivity index (χ1n) is 5.91. The molecule has 0 amide bonds. The van der Waals surface area contributed by atoms with E-state index < -0.39 is 0 Å². The van der Waals surface area contributed by atoms with Crippen molar-refractivity contribution in [1.29, 1.82) is 5.26 Å². The van der Waals surface area contributed by atoms with Crippen LogP contribution in [0.3, 0.4) is 0 Å². The lowest BCUT2D eigenvalue weighted by Crippen LogP contribution is -2.48. The quantitative estimate of drug-likeness (QED) is 0.743. The summed E-state index contributed by atoms with van der Waals surface area (Å²) < 4.78 is 5.70. The number of benzene rings is 1. The van der Waals surface area contributed by atoms with Crippen molar-refractivity contribution in [2.75, 3.05) is 24.6 Å². The van der Waals surface area contributed by atoms with E-state index >= 15 is 0 Å². The number of nitrogens with zero attached hydrogens (tertiary/aromatic N) is 2. The van der Waals surface area contributed by atoms with E-state index in [1.54, 1.807) is 0 Å². The molecule has 0 atom stereocenters. The minimum absolute atomic E-state index is 0.0972. The first kappa shape index (κ1) is 11.9. The summed E-state index contributed by atoms with van der Waals surface area (Å²) in [5.74, 6) is 0. The average Bonchev–Trinajstić information content (AvgIpc) is 2.27. The highest BCUT2D eigenvalue weighted by Gasteiger charge is 2.27. The van der Waals surface area contributed by atoms with Crippen molar-refractivity contribution in [3.8, 4) is 6.07 Å². The summed E-state index contributed by atoms with van der Waals surface area (Å²) in [6.07, 6.45) is 0. The molecular formula is C14H18N2O. The van der Waals surface area contributed by atoms with Gasteiger partial charge < -0.3 is 9.64 Å². The molecule has 0 spiro atoms. The van der Waals surface area contributed by atoms with Gasteiger partial charge in [0.05, 0.1) is 23.8 Å². The lowest BCUT2D eigenvalue weighted by molar-refractivity contribution is -0.0276. The van der Waals surface area contributed by atoms with Gasteiger partial charge in [0.15, 0.2) is 0 Å². The fourth-order valence-electron chi connectivity index (χ4n) is 2.21. The molecule has 1 aromatic carbocycles. The lowest BCUT2D eigenvalue weighted by atomic mass is 10.0. The van der Waals surface area contributed by atoms with Gasteiger partial charge in [0.2, 0.25) is 0 Å². The molecule has 2 rings (SSSR count). The third-order valence-corrected chi connectivity index (χ3v) is 3.12. The van der Waals surface area contributed by atoms with Gasteiger partial charge in [-0.2, -0.15) is 5.26 Å². The molecule has 3 heteroatoms. The Morgan fingerprint density at radius 2 is 2.18 bits per heavy atom. The molecule has 1 heterocycles. The maximum Gasteiger partial charge on any atom is 0.0994 e. The maximum absolute atomic E-state index is 8.92. The van der Waals surface area contributed by atoms with Gasteiger partial charge in [0.25, 0.3) is 0 Å². The number of nitriles is 1. The zero-order valence-corrected chi connectivity index (χ0v) is 10.7. The summed E-state index contributed by atoms with van der Waals surface area (Å²) in [5, 5.41) is 8.92. The maximum atomic E-state index is 8.92. The van der Waals surface area contributed by atoms with Crippen LogP contribution in [0.4, 0.5) is 5.69 Å². The fourth-order valence-corrected chi connectivity index (χ4v) is 2.21. The van der Waals surface area contributed by atoms with Crippen LogP contribution in [0.15, 0.2) is 18.2 Å². The van der Waals surface area contributed by atoms with Gasteiger partial charge in [-0.3, -0.25) is 0 Å². The molecule has 17 heavy (non-hydrogen) atoms. The molecule has 1 aromatic rings. The van der Waals surface area contributed by atoms with Crippen LogP contribution in [0.5, 0.6) is 0 Å². The molecule has 1 saturated heterocycles. The van der Waals surface area contributed by atoms with E-state index in [0.717, 1.165) is 30.8 Å². The largest absolute Gasteiger partial charge is 0.372 e. The summed E-state index contributed by atoms with van der Waals surface area (Å²) in [7, 11) is 0. The molecule has 0 radical (unpaired) electrons. The molecular weight excluding hydrogens is 212 g/mol. The first-order chi connectivity index (χ1) is 8.02. The number of ether oxygens (including phenoxy) is 1. The Labute approximate surface area is 103 Å². The molecule has 0 aromatic heterocycles. The van der Waals surface area contributed by atoms with Gasteiger partial charge in [-0.05, 0) is 44.5 Å². The predicted octanol–water partition coefficient (Wildman–Crippen LogP) is 2.48. The topological polar surface area (TPSA) is 36.3 Å². The van der Waals surface area contributed by atoms with Gasteiger partial charge in [0.1, 0.15) is 0 Å². The van der Waals surface area contributed by atoms with E-state index in [9.17, 15) is 0 Å². The van der Waals surface area contributed by atoms with Gasteiger partial charge in [-0.25, -0.2) is 0 Å². The Hall–Kier alpha value is -1.53. The lowest BCUT2D eigenvalue weighted by Gasteiger charge is -2.39. The van der Waals surface area contributed by atoms with E-state index in [0.29, 0.717) is 0 Å². The molecule has 1 aliphatic rings. The van der Waals surface area contributed by atoms with E-state index in [2.05, 4.69) is 30.9 Å². The molecule has 1 fully saturated rings. The van der Waals surface area contributed by atoms with Crippen molar-refractivity contribution in [3.05, 3.63) is 29.3 Å². The number of morpholine rings is 1. The summed E-state index contributed by atoms with van der Waals surface area (Å²) in [4.78, 5) is 2.32. The molecule has 0 N–H and O–H groups in total. The first-order valence-corrected chi connectivity index (χ1v) is 5.91. The van der Waals surface area contributed by atoms with Gasteiger partial charge in [0, 0.05) is 18.8 Å².